The third kappa shape index (κ3) is 2.76. The Hall–Kier alpha value is -0.160. The van der Waals surface area contributed by atoms with E-state index in [0.717, 1.165) is 0 Å². The molecule has 0 saturated carbocycles. The highest BCUT2D eigenvalue weighted by Gasteiger charge is 2.18. The zero-order valence-corrected chi connectivity index (χ0v) is 5.07. The molecule has 4 nitrogen and oxygen atoms in total. The molecule has 0 bridgehead atoms. The molecule has 4 heteroatoms. The van der Waals surface area contributed by atoms with Crippen molar-refractivity contribution < 1.29 is 15.3 Å². The summed E-state index contributed by atoms with van der Waals surface area (Å²) in [4.78, 5) is 0. The molecule has 0 aromatic rings. The first-order valence-electron chi connectivity index (χ1n) is 2.65. The summed E-state index contributed by atoms with van der Waals surface area (Å²) >= 11 is 0. The van der Waals surface area contributed by atoms with Crippen LogP contribution in [0.15, 0.2) is 0 Å². The molecule has 0 aliphatic heterocycles. The Balaban J connectivity index is 3.58. The summed E-state index contributed by atoms with van der Waals surface area (Å²) in [6, 6.07) is -0.757. The summed E-state index contributed by atoms with van der Waals surface area (Å²) in [5.74, 6) is 0. The fraction of sp³-hybridized carbons (Fsp3) is 0.800. The van der Waals surface area contributed by atoms with E-state index < -0.39 is 24.9 Å². The van der Waals surface area contributed by atoms with Crippen LogP contribution in [0.5, 0.6) is 0 Å². The molecule has 0 aliphatic carbocycles. The maximum atomic E-state index is 8.80. The van der Waals surface area contributed by atoms with Crippen molar-refractivity contribution in [1.82, 2.24) is 0 Å². The highest BCUT2D eigenvalue weighted by atomic mass is 16.4. The molecule has 0 rings (SSSR count). The molecule has 0 aliphatic rings. The van der Waals surface area contributed by atoms with Crippen molar-refractivity contribution in [2.24, 2.45) is 5.73 Å². The molecule has 0 fully saturated rings. The molecule has 3 atom stereocenters. The van der Waals surface area contributed by atoms with E-state index in [-0.39, 0.29) is 0 Å². The van der Waals surface area contributed by atoms with E-state index in [1.165, 1.54) is 0 Å². The Kier molecular flexibility index (Phi) is 3.72. The summed E-state index contributed by atoms with van der Waals surface area (Å²) in [6.07, 6.45) is -2.33. The predicted molar refractivity (Wildman–Crippen MR) is 32.4 cm³/mol. The van der Waals surface area contributed by atoms with Crippen LogP contribution >= 0.6 is 0 Å². The zero-order valence-electron chi connectivity index (χ0n) is 5.07. The van der Waals surface area contributed by atoms with Gasteiger partial charge >= 0.3 is 0 Å². The van der Waals surface area contributed by atoms with Gasteiger partial charge in [-0.15, -0.1) is 0 Å². The first kappa shape index (κ1) is 8.84. The summed E-state index contributed by atoms with van der Waals surface area (Å²) in [7, 11) is 0. The maximum absolute atomic E-state index is 8.80. The van der Waals surface area contributed by atoms with E-state index in [2.05, 4.69) is 6.92 Å². The standard InChI is InChI=1S/C5H12NO3/c1-3(6)5(9)4(8)2-7/h3-5,7-9H,1-2,6H2. The van der Waals surface area contributed by atoms with Gasteiger partial charge in [-0.1, -0.05) is 0 Å². The van der Waals surface area contributed by atoms with Crippen LogP contribution in [-0.2, 0) is 0 Å². The first-order valence-corrected chi connectivity index (χ1v) is 2.65. The predicted octanol–water partition coefficient (Wildman–Crippen LogP) is -2.14. The zero-order chi connectivity index (χ0) is 7.44. The highest BCUT2D eigenvalue weighted by molar-refractivity contribution is 4.79. The second-order valence-electron chi connectivity index (χ2n) is 1.90. The fourth-order valence-corrected chi connectivity index (χ4v) is 0.393. The number of aliphatic hydroxyl groups excluding tert-OH is 3. The molecule has 3 unspecified atom stereocenters. The Morgan fingerprint density at radius 2 is 1.89 bits per heavy atom. The lowest BCUT2D eigenvalue weighted by Gasteiger charge is -2.18. The summed E-state index contributed by atoms with van der Waals surface area (Å²) in [6.45, 7) is 2.77. The average Bonchev–Trinajstić information content (AvgIpc) is 1.84. The molecule has 5 N–H and O–H groups in total. The molecule has 0 heterocycles. The van der Waals surface area contributed by atoms with E-state index >= 15 is 0 Å². The van der Waals surface area contributed by atoms with E-state index in [1.54, 1.807) is 0 Å². The number of rotatable bonds is 3. The molecule has 0 aromatic heterocycles. The fourth-order valence-electron chi connectivity index (χ4n) is 0.393. The number of hydrogen-bond donors (Lipinski definition) is 4. The molecule has 1 radical (unpaired) electrons. The normalized spacial score (nSPS) is 21.0. The van der Waals surface area contributed by atoms with Gasteiger partial charge in [-0.2, -0.15) is 0 Å². The highest BCUT2D eigenvalue weighted by Crippen LogP contribution is 1.94. The van der Waals surface area contributed by atoms with Gasteiger partial charge in [-0.25, -0.2) is 0 Å². The van der Waals surface area contributed by atoms with Crippen LogP contribution in [0.3, 0.4) is 0 Å². The maximum Gasteiger partial charge on any atom is 0.104 e. The summed E-state index contributed by atoms with van der Waals surface area (Å²) in [5, 5.41) is 25.7. The van der Waals surface area contributed by atoms with Gasteiger partial charge in [0.2, 0.25) is 0 Å². The van der Waals surface area contributed by atoms with Gasteiger partial charge in [0.25, 0.3) is 0 Å². The molecule has 0 amide bonds. The SMILES string of the molecule is [CH2]C(N)C(O)C(O)CO. The van der Waals surface area contributed by atoms with Crippen molar-refractivity contribution in [3.05, 3.63) is 6.92 Å². The van der Waals surface area contributed by atoms with Crippen LogP contribution < -0.4 is 5.73 Å². The lowest BCUT2D eigenvalue weighted by molar-refractivity contribution is -0.0194. The van der Waals surface area contributed by atoms with Crippen molar-refractivity contribution in [3.63, 3.8) is 0 Å². The van der Waals surface area contributed by atoms with Crippen molar-refractivity contribution >= 4 is 0 Å². The van der Waals surface area contributed by atoms with Gasteiger partial charge in [0.15, 0.2) is 0 Å². The van der Waals surface area contributed by atoms with Gasteiger partial charge in [0.1, 0.15) is 6.10 Å². The monoisotopic (exact) mass is 134 g/mol. The van der Waals surface area contributed by atoms with Gasteiger partial charge < -0.3 is 21.1 Å². The smallest absolute Gasteiger partial charge is 0.104 e. The second kappa shape index (κ2) is 3.79. The van der Waals surface area contributed by atoms with Crippen LogP contribution in [0.4, 0.5) is 0 Å². The molecule has 0 aromatic carbocycles. The van der Waals surface area contributed by atoms with Gasteiger partial charge in [0.05, 0.1) is 12.7 Å². The Morgan fingerprint density at radius 1 is 1.44 bits per heavy atom. The molecule has 0 saturated heterocycles. The van der Waals surface area contributed by atoms with Crippen LogP contribution in [0.2, 0.25) is 0 Å². The summed E-state index contributed by atoms with van der Waals surface area (Å²) in [5.41, 5.74) is 5.08. The van der Waals surface area contributed by atoms with E-state index in [0.29, 0.717) is 0 Å². The van der Waals surface area contributed by atoms with Crippen molar-refractivity contribution in [3.8, 4) is 0 Å². The van der Waals surface area contributed by atoms with Crippen molar-refractivity contribution in [2.45, 2.75) is 18.2 Å². The number of aliphatic hydroxyl groups is 3. The Labute approximate surface area is 53.9 Å². The minimum atomic E-state index is -1.18. The van der Waals surface area contributed by atoms with E-state index in [1.807, 2.05) is 0 Å². The Bertz CT molecular complexity index is 76.6. The van der Waals surface area contributed by atoms with E-state index in [9.17, 15) is 0 Å². The third-order valence-electron chi connectivity index (χ3n) is 1.02. The molecule has 55 valence electrons. The van der Waals surface area contributed by atoms with Crippen molar-refractivity contribution in [2.75, 3.05) is 6.61 Å². The van der Waals surface area contributed by atoms with E-state index in [4.69, 9.17) is 21.1 Å². The quantitative estimate of drug-likeness (QED) is 0.355. The first-order chi connectivity index (χ1) is 4.09. The average molecular weight is 134 g/mol. The molecule has 0 spiro atoms. The topological polar surface area (TPSA) is 86.7 Å². The Morgan fingerprint density at radius 3 is 2.00 bits per heavy atom. The van der Waals surface area contributed by atoms with Crippen molar-refractivity contribution in [1.29, 1.82) is 0 Å². The summed E-state index contributed by atoms with van der Waals surface area (Å²) < 4.78 is 0. The number of hydrogen-bond acceptors (Lipinski definition) is 4. The largest absolute Gasteiger partial charge is 0.394 e. The van der Waals surface area contributed by atoms with Gasteiger partial charge in [-0.3, -0.25) is 0 Å². The van der Waals surface area contributed by atoms with Gasteiger partial charge in [0, 0.05) is 6.04 Å². The van der Waals surface area contributed by atoms with Crippen LogP contribution in [-0.4, -0.2) is 40.2 Å². The van der Waals surface area contributed by atoms with Crippen LogP contribution in [0.25, 0.3) is 0 Å². The lowest BCUT2D eigenvalue weighted by Crippen LogP contribution is -2.42. The van der Waals surface area contributed by atoms with Crippen LogP contribution in [0.1, 0.15) is 0 Å². The second-order valence-corrected chi connectivity index (χ2v) is 1.90. The molecule has 9 heavy (non-hydrogen) atoms. The third-order valence-corrected chi connectivity index (χ3v) is 1.02. The number of nitrogens with two attached hydrogens (primary N) is 1. The molecular weight excluding hydrogens is 122 g/mol. The molecular formula is C5H12NO3. The van der Waals surface area contributed by atoms with Crippen LogP contribution in [0, 0.1) is 6.92 Å². The minimum Gasteiger partial charge on any atom is -0.394 e. The van der Waals surface area contributed by atoms with Gasteiger partial charge in [-0.05, 0) is 6.92 Å². The minimum absolute atomic E-state index is 0.496. The lowest BCUT2D eigenvalue weighted by atomic mass is 10.1.